The Balaban J connectivity index is 2.47. The van der Waals surface area contributed by atoms with Crippen LogP contribution in [0.3, 0.4) is 0 Å². The van der Waals surface area contributed by atoms with Gasteiger partial charge in [-0.25, -0.2) is 0 Å². The molecule has 94 valence electrons. The van der Waals surface area contributed by atoms with Crippen LogP contribution in [0.15, 0.2) is 12.4 Å². The maximum atomic E-state index is 11.1. The molecule has 7 heteroatoms. The van der Waals surface area contributed by atoms with Crippen molar-refractivity contribution >= 4 is 11.9 Å². The molecule has 0 bridgehead atoms. The third-order valence-electron chi connectivity index (χ3n) is 2.02. The van der Waals surface area contributed by atoms with E-state index in [9.17, 15) is 14.7 Å². The molecule has 1 aromatic heterocycles. The van der Waals surface area contributed by atoms with Crippen LogP contribution in [0, 0.1) is 0 Å². The van der Waals surface area contributed by atoms with E-state index in [2.05, 4.69) is 5.10 Å². The summed E-state index contributed by atoms with van der Waals surface area (Å²) in [6.07, 6.45) is 1.70. The Bertz CT molecular complexity index is 402. The summed E-state index contributed by atoms with van der Waals surface area (Å²) < 4.78 is 6.04. The molecule has 0 radical (unpaired) electrons. The van der Waals surface area contributed by atoms with Crippen LogP contribution in [0.1, 0.15) is 23.7 Å². The van der Waals surface area contributed by atoms with Crippen molar-refractivity contribution in [2.24, 2.45) is 5.73 Å². The van der Waals surface area contributed by atoms with Gasteiger partial charge in [0.1, 0.15) is 0 Å². The molecule has 1 heterocycles. The molecule has 1 rings (SSSR count). The molecule has 7 nitrogen and oxygen atoms in total. The number of aromatic nitrogens is 2. The lowest BCUT2D eigenvalue weighted by atomic mass is 10.2. The van der Waals surface area contributed by atoms with Gasteiger partial charge >= 0.3 is 5.97 Å². The Morgan fingerprint density at radius 1 is 1.65 bits per heavy atom. The zero-order chi connectivity index (χ0) is 12.8. The van der Waals surface area contributed by atoms with Crippen molar-refractivity contribution in [3.63, 3.8) is 0 Å². The van der Waals surface area contributed by atoms with Crippen molar-refractivity contribution in [2.75, 3.05) is 6.61 Å². The first kappa shape index (κ1) is 13.2. The minimum Gasteiger partial charge on any atom is -0.466 e. The number of amides is 1. The molecule has 0 aliphatic heterocycles. The maximum Gasteiger partial charge on any atom is 0.308 e. The molecule has 0 saturated carbocycles. The SMILES string of the molecule is CCOC(=O)CC(O)Cn1cc(C(N)=O)cn1. The highest BCUT2D eigenvalue weighted by Gasteiger charge is 2.13. The predicted octanol–water partition coefficient (Wildman–Crippen LogP) is -0.704. The Morgan fingerprint density at radius 2 is 2.35 bits per heavy atom. The summed E-state index contributed by atoms with van der Waals surface area (Å²) in [6, 6.07) is 0. The van der Waals surface area contributed by atoms with Crippen LogP contribution in [-0.4, -0.2) is 39.5 Å². The summed E-state index contributed by atoms with van der Waals surface area (Å²) in [5, 5.41) is 13.4. The van der Waals surface area contributed by atoms with E-state index in [4.69, 9.17) is 10.5 Å². The van der Waals surface area contributed by atoms with Gasteiger partial charge in [0.05, 0.1) is 37.4 Å². The number of hydrogen-bond acceptors (Lipinski definition) is 5. The number of carbonyl (C=O) groups excluding carboxylic acids is 2. The number of primary amides is 1. The van der Waals surface area contributed by atoms with Crippen LogP contribution in [0.25, 0.3) is 0 Å². The fraction of sp³-hybridized carbons (Fsp3) is 0.500. The number of esters is 1. The summed E-state index contributed by atoms with van der Waals surface area (Å²) in [5.41, 5.74) is 5.31. The molecule has 17 heavy (non-hydrogen) atoms. The Morgan fingerprint density at radius 3 is 2.88 bits per heavy atom. The fourth-order valence-electron chi connectivity index (χ4n) is 1.28. The summed E-state index contributed by atoms with van der Waals surface area (Å²) >= 11 is 0. The average Bonchev–Trinajstić information content (AvgIpc) is 2.66. The van der Waals surface area contributed by atoms with Crippen molar-refractivity contribution < 1.29 is 19.4 Å². The minimum atomic E-state index is -0.908. The molecule has 1 amide bonds. The second-order valence-corrected chi connectivity index (χ2v) is 3.48. The molecular weight excluding hydrogens is 226 g/mol. The van der Waals surface area contributed by atoms with Crippen LogP contribution in [-0.2, 0) is 16.1 Å². The lowest BCUT2D eigenvalue weighted by Gasteiger charge is -2.09. The highest BCUT2D eigenvalue weighted by molar-refractivity contribution is 5.92. The van der Waals surface area contributed by atoms with Crippen molar-refractivity contribution in [1.29, 1.82) is 0 Å². The highest BCUT2D eigenvalue weighted by atomic mass is 16.5. The van der Waals surface area contributed by atoms with Crippen LogP contribution < -0.4 is 5.73 Å². The summed E-state index contributed by atoms with van der Waals surface area (Å²) in [5.74, 6) is -1.06. The van der Waals surface area contributed by atoms with E-state index in [0.29, 0.717) is 0 Å². The largest absolute Gasteiger partial charge is 0.466 e. The second-order valence-electron chi connectivity index (χ2n) is 3.48. The quantitative estimate of drug-likeness (QED) is 0.640. The number of aliphatic hydroxyl groups excluding tert-OH is 1. The maximum absolute atomic E-state index is 11.1. The topological polar surface area (TPSA) is 107 Å². The smallest absolute Gasteiger partial charge is 0.308 e. The Kier molecular flexibility index (Phi) is 4.65. The lowest BCUT2D eigenvalue weighted by molar-refractivity contribution is -0.145. The van der Waals surface area contributed by atoms with E-state index < -0.39 is 18.0 Å². The molecule has 0 saturated heterocycles. The summed E-state index contributed by atoms with van der Waals surface area (Å²) in [6.45, 7) is 2.07. The molecule has 0 fully saturated rings. The van der Waals surface area contributed by atoms with Crippen LogP contribution >= 0.6 is 0 Å². The monoisotopic (exact) mass is 241 g/mol. The number of rotatable bonds is 6. The van der Waals surface area contributed by atoms with Gasteiger partial charge in [0, 0.05) is 6.20 Å². The first-order valence-corrected chi connectivity index (χ1v) is 5.19. The van der Waals surface area contributed by atoms with Gasteiger partial charge in [-0.05, 0) is 6.92 Å². The number of carbonyl (C=O) groups is 2. The standard InChI is InChI=1S/C10H15N3O4/c1-2-17-9(15)3-8(14)6-13-5-7(4-12-13)10(11)16/h4-5,8,14H,2-3,6H2,1H3,(H2,11,16). The molecule has 0 aromatic carbocycles. The average molecular weight is 241 g/mol. The number of nitrogens with zero attached hydrogens (tertiary/aromatic N) is 2. The van der Waals surface area contributed by atoms with E-state index in [1.54, 1.807) is 6.92 Å². The molecule has 1 unspecified atom stereocenters. The van der Waals surface area contributed by atoms with E-state index >= 15 is 0 Å². The van der Waals surface area contributed by atoms with E-state index in [1.165, 1.54) is 17.1 Å². The highest BCUT2D eigenvalue weighted by Crippen LogP contribution is 2.01. The molecule has 0 spiro atoms. The van der Waals surface area contributed by atoms with Gasteiger partial charge in [0.15, 0.2) is 0 Å². The fourth-order valence-corrected chi connectivity index (χ4v) is 1.28. The third kappa shape index (κ3) is 4.23. The van der Waals surface area contributed by atoms with E-state index in [0.717, 1.165) is 0 Å². The van der Waals surface area contributed by atoms with Crippen LogP contribution in [0.2, 0.25) is 0 Å². The number of ether oxygens (including phenoxy) is 1. The van der Waals surface area contributed by atoms with Gasteiger partial charge in [0.2, 0.25) is 0 Å². The molecule has 1 aromatic rings. The van der Waals surface area contributed by atoms with Gasteiger partial charge in [-0.15, -0.1) is 0 Å². The summed E-state index contributed by atoms with van der Waals surface area (Å²) in [7, 11) is 0. The van der Waals surface area contributed by atoms with Crippen molar-refractivity contribution in [3.8, 4) is 0 Å². The van der Waals surface area contributed by atoms with Crippen molar-refractivity contribution in [3.05, 3.63) is 18.0 Å². The summed E-state index contributed by atoms with van der Waals surface area (Å²) in [4.78, 5) is 21.9. The van der Waals surface area contributed by atoms with E-state index in [-0.39, 0.29) is 25.1 Å². The zero-order valence-corrected chi connectivity index (χ0v) is 9.50. The molecular formula is C10H15N3O4. The third-order valence-corrected chi connectivity index (χ3v) is 2.02. The molecule has 0 aliphatic carbocycles. The normalized spacial score (nSPS) is 12.1. The van der Waals surface area contributed by atoms with Crippen molar-refractivity contribution in [1.82, 2.24) is 9.78 Å². The molecule has 1 atom stereocenters. The molecule has 0 aliphatic rings. The van der Waals surface area contributed by atoms with Gasteiger partial charge in [-0.3, -0.25) is 14.3 Å². The minimum absolute atomic E-state index is 0.103. The number of nitrogens with two attached hydrogens (primary N) is 1. The first-order valence-electron chi connectivity index (χ1n) is 5.19. The van der Waals surface area contributed by atoms with Gasteiger partial charge in [-0.2, -0.15) is 5.10 Å². The van der Waals surface area contributed by atoms with Crippen LogP contribution in [0.4, 0.5) is 0 Å². The molecule has 3 N–H and O–H groups in total. The first-order chi connectivity index (χ1) is 8.02. The van der Waals surface area contributed by atoms with Gasteiger partial charge < -0.3 is 15.6 Å². The van der Waals surface area contributed by atoms with Crippen molar-refractivity contribution in [2.45, 2.75) is 26.0 Å². The Hall–Kier alpha value is -1.89. The number of hydrogen-bond donors (Lipinski definition) is 2. The van der Waals surface area contributed by atoms with E-state index in [1.807, 2.05) is 0 Å². The van der Waals surface area contributed by atoms with Gasteiger partial charge in [0.25, 0.3) is 5.91 Å². The Labute approximate surface area is 98.2 Å². The van der Waals surface area contributed by atoms with Gasteiger partial charge in [-0.1, -0.05) is 0 Å². The zero-order valence-electron chi connectivity index (χ0n) is 9.50. The second kappa shape index (κ2) is 6.00. The lowest BCUT2D eigenvalue weighted by Crippen LogP contribution is -2.21. The predicted molar refractivity (Wildman–Crippen MR) is 58.0 cm³/mol. The van der Waals surface area contributed by atoms with Crippen LogP contribution in [0.5, 0.6) is 0 Å². The number of aliphatic hydroxyl groups is 1.